The number of nitrogens with two attached hydrogens (primary N) is 1. The van der Waals surface area contributed by atoms with Crippen LogP contribution in [0.5, 0.6) is 0 Å². The van der Waals surface area contributed by atoms with Crippen molar-refractivity contribution in [1.29, 1.82) is 0 Å². The second-order valence-electron chi connectivity index (χ2n) is 9.76. The Bertz CT molecular complexity index is 1580. The summed E-state index contributed by atoms with van der Waals surface area (Å²) in [6, 6.07) is 24.2. The molecule has 4 aromatic rings. The maximum Gasteiger partial charge on any atom is 0.337 e. The first-order chi connectivity index (χ1) is 17.7. The van der Waals surface area contributed by atoms with E-state index >= 15 is 0 Å². The first-order valence-electron chi connectivity index (χ1n) is 12.4. The fraction of sp³-hybridized carbons (Fsp3) is 0.171. The molecular weight excluding hydrogens is 466 g/mol. The highest BCUT2D eigenvalue weighted by molar-refractivity contribution is 6.21. The summed E-state index contributed by atoms with van der Waals surface area (Å²) in [6.07, 6.45) is 6.51. The van der Waals surface area contributed by atoms with Gasteiger partial charge in [0.2, 0.25) is 0 Å². The van der Waals surface area contributed by atoms with Gasteiger partial charge in [0.1, 0.15) is 0 Å². The second-order valence-corrected chi connectivity index (χ2v) is 9.76. The highest BCUT2D eigenvalue weighted by atomic mass is 16.4. The van der Waals surface area contributed by atoms with Crippen LogP contribution >= 0.6 is 0 Å². The monoisotopic (exact) mass is 503 g/mol. The van der Waals surface area contributed by atoms with Crippen molar-refractivity contribution in [3.05, 3.63) is 119 Å². The maximum atomic E-state index is 11.4. The molecule has 194 valence electrons. The number of hydrogen-bond donors (Lipinski definition) is 2. The molecule has 0 aliphatic heterocycles. The summed E-state index contributed by atoms with van der Waals surface area (Å²) in [7, 11) is 0. The largest absolute Gasteiger partial charge is 0.478 e. The van der Waals surface area contributed by atoms with Gasteiger partial charge in [0, 0.05) is 5.39 Å². The average Bonchev–Trinajstić information content (AvgIpc) is 3.21. The third kappa shape index (κ3) is 5.63. The molecule has 0 heterocycles. The predicted molar refractivity (Wildman–Crippen MR) is 164 cm³/mol. The molecule has 38 heavy (non-hydrogen) atoms. The second kappa shape index (κ2) is 11.8. The van der Waals surface area contributed by atoms with Crippen molar-refractivity contribution in [1.82, 2.24) is 0 Å². The molecule has 3 nitrogen and oxygen atoms in total. The minimum Gasteiger partial charge on any atom is -0.478 e. The van der Waals surface area contributed by atoms with Crippen molar-refractivity contribution >= 4 is 28.0 Å². The van der Waals surface area contributed by atoms with E-state index in [-0.39, 0.29) is 13.0 Å². The number of anilines is 1. The molecule has 5 rings (SSSR count). The quantitative estimate of drug-likeness (QED) is 0.189. The van der Waals surface area contributed by atoms with Crippen molar-refractivity contribution in [3.8, 4) is 22.3 Å². The summed E-state index contributed by atoms with van der Waals surface area (Å²) in [5.74, 6) is -0.989. The van der Waals surface area contributed by atoms with Crippen LogP contribution in [0.4, 0.5) is 5.69 Å². The molecule has 0 spiro atoms. The van der Waals surface area contributed by atoms with Crippen LogP contribution < -0.4 is 5.73 Å². The molecule has 0 saturated carbocycles. The van der Waals surface area contributed by atoms with E-state index in [2.05, 4.69) is 89.2 Å². The number of rotatable bonds is 4. The topological polar surface area (TPSA) is 63.3 Å². The van der Waals surface area contributed by atoms with Gasteiger partial charge in [-0.2, -0.15) is 0 Å². The summed E-state index contributed by atoms with van der Waals surface area (Å²) in [5, 5.41) is 11.3. The van der Waals surface area contributed by atoms with Crippen molar-refractivity contribution in [2.24, 2.45) is 0 Å². The Morgan fingerprint density at radius 3 is 2.13 bits per heavy atom. The molecule has 0 aromatic heterocycles. The lowest BCUT2D eigenvalue weighted by atomic mass is 9.98. The molecule has 0 saturated heterocycles. The van der Waals surface area contributed by atoms with E-state index in [0.29, 0.717) is 5.69 Å². The number of hydrogen-bond acceptors (Lipinski definition) is 2. The smallest absolute Gasteiger partial charge is 0.337 e. The molecule has 0 fully saturated rings. The number of carboxylic acid groups (broad SMARTS) is 1. The van der Waals surface area contributed by atoms with Gasteiger partial charge in [0.15, 0.2) is 0 Å². The molecule has 0 amide bonds. The van der Waals surface area contributed by atoms with E-state index in [9.17, 15) is 9.90 Å². The average molecular weight is 504 g/mol. The number of carboxylic acids is 1. The predicted octanol–water partition coefficient (Wildman–Crippen LogP) is 9.71. The molecule has 3 heteroatoms. The highest BCUT2D eigenvalue weighted by Crippen LogP contribution is 2.50. The van der Waals surface area contributed by atoms with E-state index in [1.54, 1.807) is 6.07 Å². The molecule has 3 N–H and O–H groups in total. The third-order valence-electron chi connectivity index (χ3n) is 6.62. The summed E-state index contributed by atoms with van der Waals surface area (Å²) < 4.78 is 0. The van der Waals surface area contributed by atoms with Crippen LogP contribution in [0.2, 0.25) is 0 Å². The summed E-state index contributed by atoms with van der Waals surface area (Å²) in [6.45, 7) is 10.6. The van der Waals surface area contributed by atoms with Gasteiger partial charge in [-0.15, -0.1) is 0 Å². The highest BCUT2D eigenvalue weighted by Gasteiger charge is 2.26. The molecule has 0 atom stereocenters. The lowest BCUT2D eigenvalue weighted by Crippen LogP contribution is -2.03. The van der Waals surface area contributed by atoms with Crippen LogP contribution in [0.15, 0.2) is 102 Å². The van der Waals surface area contributed by atoms with Crippen LogP contribution in [-0.4, -0.2) is 11.1 Å². The van der Waals surface area contributed by atoms with E-state index in [0.717, 1.165) is 27.5 Å². The van der Waals surface area contributed by atoms with Crippen LogP contribution in [0, 0.1) is 6.92 Å². The molecule has 0 unspecified atom stereocenters. The summed E-state index contributed by atoms with van der Waals surface area (Å²) in [5.41, 5.74) is 17.3. The molecule has 0 radical (unpaired) electrons. The van der Waals surface area contributed by atoms with Gasteiger partial charge in [-0.25, -0.2) is 4.79 Å². The molecule has 1 aliphatic rings. The van der Waals surface area contributed by atoms with E-state index < -0.39 is 5.97 Å². The Morgan fingerprint density at radius 2 is 1.47 bits per heavy atom. The van der Waals surface area contributed by atoms with Crippen molar-refractivity contribution < 1.29 is 9.90 Å². The molecular formula is C35H37NO2. The van der Waals surface area contributed by atoms with Crippen molar-refractivity contribution in [2.45, 2.75) is 42.0 Å². The van der Waals surface area contributed by atoms with Gasteiger partial charge in [-0.3, -0.25) is 0 Å². The number of aromatic carboxylic acids is 1. The first kappa shape index (κ1) is 28.2. The van der Waals surface area contributed by atoms with Crippen LogP contribution in [0.3, 0.4) is 0 Å². The fourth-order valence-corrected chi connectivity index (χ4v) is 4.83. The van der Waals surface area contributed by atoms with E-state index in [1.807, 2.05) is 30.3 Å². The van der Waals surface area contributed by atoms with Gasteiger partial charge in [0.25, 0.3) is 0 Å². The van der Waals surface area contributed by atoms with Gasteiger partial charge >= 0.3 is 5.97 Å². The minimum atomic E-state index is -0.989. The number of fused-ring (bicyclic) bond motifs is 3. The Hall–Kier alpha value is -4.37. The Kier molecular flexibility index (Phi) is 8.75. The zero-order valence-electron chi connectivity index (χ0n) is 22.1. The van der Waals surface area contributed by atoms with Crippen LogP contribution in [-0.2, 0) is 0 Å². The number of allylic oxidation sites excluding steroid dienone is 6. The summed E-state index contributed by atoms with van der Waals surface area (Å²) in [4.78, 5) is 11.4. The fourth-order valence-electron chi connectivity index (χ4n) is 4.83. The minimum absolute atomic E-state index is 0. The zero-order valence-corrected chi connectivity index (χ0v) is 22.1. The van der Waals surface area contributed by atoms with E-state index in [1.165, 1.54) is 33.4 Å². The number of carbonyl (C=O) groups is 1. The lowest BCUT2D eigenvalue weighted by molar-refractivity contribution is 0.0698. The number of nitrogen functional groups attached to an aromatic ring is 1. The Morgan fingerprint density at radius 1 is 0.816 bits per heavy atom. The van der Waals surface area contributed by atoms with Gasteiger partial charge in [0.05, 0.1) is 11.3 Å². The third-order valence-corrected chi connectivity index (χ3v) is 6.62. The molecule has 0 bridgehead atoms. The van der Waals surface area contributed by atoms with E-state index in [4.69, 9.17) is 5.73 Å². The first-order valence-corrected chi connectivity index (χ1v) is 12.4. The van der Waals surface area contributed by atoms with Crippen LogP contribution in [0.25, 0.3) is 38.6 Å². The maximum absolute atomic E-state index is 11.4. The summed E-state index contributed by atoms with van der Waals surface area (Å²) >= 11 is 0. The lowest BCUT2D eigenvalue weighted by Gasteiger charge is -2.09. The normalized spacial score (nSPS) is 11.7. The number of aryl methyl sites for hydroxylation is 1. The SMILES string of the molecule is C.CC(C)=C/C=C(C)/C=C(/C)c1ccccc1.Cc1cccc2c1-c1cccc3c(N)c(C(=O)O)cc-2c13. The van der Waals surface area contributed by atoms with Crippen molar-refractivity contribution in [2.75, 3.05) is 5.73 Å². The molecule has 1 aliphatic carbocycles. The number of benzene rings is 4. The Labute approximate surface area is 226 Å². The standard InChI is InChI=1S/C18H13NO2.C16H20.CH4/c1-9-4-2-5-10-13-8-14(18(20)21)17(19)12-7-3-6-11(15(9)10)16(12)13;1-13(2)10-11-14(3)12-15(4)16-8-6-5-7-9-16;/h2-8H,19H2,1H3,(H,20,21);5-12H,1-4H3;1H4/b;14-11+,15-12-;. The van der Waals surface area contributed by atoms with Gasteiger partial charge < -0.3 is 10.8 Å². The zero-order chi connectivity index (χ0) is 26.7. The molecule has 4 aromatic carbocycles. The van der Waals surface area contributed by atoms with Crippen molar-refractivity contribution in [3.63, 3.8) is 0 Å². The Balaban J connectivity index is 0.000000214. The van der Waals surface area contributed by atoms with Gasteiger partial charge in [-0.05, 0) is 85.0 Å². The van der Waals surface area contributed by atoms with Crippen LogP contribution in [0.1, 0.15) is 56.6 Å². The van der Waals surface area contributed by atoms with Gasteiger partial charge in [-0.1, -0.05) is 104 Å².